The van der Waals surface area contributed by atoms with E-state index in [9.17, 15) is 9.50 Å². The Morgan fingerprint density at radius 2 is 2.18 bits per heavy atom. The maximum Gasteiger partial charge on any atom is 0.124 e. The molecule has 0 aromatic heterocycles. The molecule has 0 spiro atoms. The van der Waals surface area contributed by atoms with Crippen LogP contribution in [-0.2, 0) is 6.54 Å². The van der Waals surface area contributed by atoms with Gasteiger partial charge in [0.1, 0.15) is 5.82 Å². The first-order valence-corrected chi connectivity index (χ1v) is 6.19. The zero-order chi connectivity index (χ0) is 12.9. The second-order valence-corrected chi connectivity index (χ2v) is 4.99. The van der Waals surface area contributed by atoms with Crippen LogP contribution in [0.15, 0.2) is 18.2 Å². The summed E-state index contributed by atoms with van der Waals surface area (Å²) >= 11 is 5.90. The molecule has 1 aromatic carbocycles. The summed E-state index contributed by atoms with van der Waals surface area (Å²) in [6.45, 7) is 4.86. The summed E-state index contributed by atoms with van der Waals surface area (Å²) in [6, 6.07) is 4.33. The third kappa shape index (κ3) is 5.02. The maximum absolute atomic E-state index is 12.8. The molecule has 17 heavy (non-hydrogen) atoms. The molecule has 0 radical (unpaired) electrons. The molecule has 4 heteroatoms. The predicted octanol–water partition coefficient (Wildman–Crippen LogP) is 3.12. The molecule has 1 rings (SSSR count). The molecule has 1 aromatic rings. The Hall–Kier alpha value is -0.640. The van der Waals surface area contributed by atoms with Gasteiger partial charge < -0.3 is 10.4 Å². The van der Waals surface area contributed by atoms with Crippen molar-refractivity contribution in [2.24, 2.45) is 0 Å². The summed E-state index contributed by atoms with van der Waals surface area (Å²) in [5, 5.41) is 13.5. The molecule has 2 N–H and O–H groups in total. The average Bonchev–Trinajstić information content (AvgIpc) is 2.21. The monoisotopic (exact) mass is 259 g/mol. The number of hydrogen-bond donors (Lipinski definition) is 2. The first-order valence-electron chi connectivity index (χ1n) is 5.81. The molecule has 1 unspecified atom stereocenters. The van der Waals surface area contributed by atoms with Gasteiger partial charge in [-0.2, -0.15) is 0 Å². The van der Waals surface area contributed by atoms with Crippen molar-refractivity contribution in [1.29, 1.82) is 0 Å². The molecule has 0 heterocycles. The van der Waals surface area contributed by atoms with E-state index < -0.39 is 5.60 Å². The zero-order valence-electron chi connectivity index (χ0n) is 10.3. The molecule has 0 amide bonds. The van der Waals surface area contributed by atoms with Gasteiger partial charge in [-0.05, 0) is 31.0 Å². The smallest absolute Gasteiger partial charge is 0.124 e. The van der Waals surface area contributed by atoms with E-state index in [-0.39, 0.29) is 5.82 Å². The summed E-state index contributed by atoms with van der Waals surface area (Å²) in [5.41, 5.74) is 0.127. The zero-order valence-corrected chi connectivity index (χ0v) is 11.0. The number of halogens is 2. The van der Waals surface area contributed by atoms with Gasteiger partial charge in [0.25, 0.3) is 0 Å². The predicted molar refractivity (Wildman–Crippen MR) is 68.6 cm³/mol. The van der Waals surface area contributed by atoms with E-state index in [2.05, 4.69) is 5.32 Å². The van der Waals surface area contributed by atoms with Gasteiger partial charge in [-0.3, -0.25) is 0 Å². The van der Waals surface area contributed by atoms with Crippen molar-refractivity contribution in [2.75, 3.05) is 6.54 Å². The van der Waals surface area contributed by atoms with Crippen molar-refractivity contribution in [3.63, 3.8) is 0 Å². The van der Waals surface area contributed by atoms with Gasteiger partial charge in [-0.15, -0.1) is 0 Å². The lowest BCUT2D eigenvalue weighted by molar-refractivity contribution is 0.0498. The first kappa shape index (κ1) is 14.4. The maximum atomic E-state index is 12.8. The van der Waals surface area contributed by atoms with Crippen molar-refractivity contribution < 1.29 is 9.50 Å². The van der Waals surface area contributed by atoms with E-state index in [1.807, 2.05) is 6.92 Å². The first-order chi connectivity index (χ1) is 7.94. The number of rotatable bonds is 6. The molecule has 0 fully saturated rings. The number of hydrogen-bond acceptors (Lipinski definition) is 2. The molecular formula is C13H19ClFNO. The molecule has 0 aliphatic carbocycles. The van der Waals surface area contributed by atoms with Crippen LogP contribution < -0.4 is 5.32 Å². The molecule has 0 aliphatic heterocycles. The second kappa shape index (κ2) is 6.34. The summed E-state index contributed by atoms with van der Waals surface area (Å²) in [5.74, 6) is -0.336. The Kier molecular flexibility index (Phi) is 5.37. The Morgan fingerprint density at radius 1 is 1.47 bits per heavy atom. The van der Waals surface area contributed by atoms with Crippen LogP contribution in [0.2, 0.25) is 5.02 Å². The van der Waals surface area contributed by atoms with Crippen LogP contribution in [0.5, 0.6) is 0 Å². The highest BCUT2D eigenvalue weighted by molar-refractivity contribution is 6.31. The van der Waals surface area contributed by atoms with Crippen LogP contribution in [0, 0.1) is 5.82 Å². The van der Waals surface area contributed by atoms with Crippen molar-refractivity contribution in [3.8, 4) is 0 Å². The SMILES string of the molecule is CCCC(C)(O)CNCc1ccc(F)cc1Cl. The second-order valence-electron chi connectivity index (χ2n) is 4.59. The lowest BCUT2D eigenvalue weighted by Crippen LogP contribution is -2.37. The minimum Gasteiger partial charge on any atom is -0.389 e. The van der Waals surface area contributed by atoms with E-state index in [4.69, 9.17) is 11.6 Å². The number of aliphatic hydroxyl groups is 1. The minimum absolute atomic E-state index is 0.336. The van der Waals surface area contributed by atoms with Crippen LogP contribution in [0.25, 0.3) is 0 Å². The fourth-order valence-electron chi connectivity index (χ4n) is 1.76. The van der Waals surface area contributed by atoms with Gasteiger partial charge in [0.05, 0.1) is 5.60 Å². The number of nitrogens with one attached hydrogen (secondary N) is 1. The van der Waals surface area contributed by atoms with Gasteiger partial charge >= 0.3 is 0 Å². The van der Waals surface area contributed by atoms with Crippen LogP contribution in [0.4, 0.5) is 4.39 Å². The Balaban J connectivity index is 2.46. The summed E-state index contributed by atoms with van der Waals surface area (Å²) in [4.78, 5) is 0. The minimum atomic E-state index is -0.707. The topological polar surface area (TPSA) is 32.3 Å². The standard InChI is InChI=1S/C13H19ClFNO/c1-3-6-13(2,17)9-16-8-10-4-5-11(15)7-12(10)14/h4-5,7,16-17H,3,6,8-9H2,1-2H3. The molecule has 2 nitrogen and oxygen atoms in total. The van der Waals surface area contributed by atoms with E-state index in [1.54, 1.807) is 13.0 Å². The summed E-state index contributed by atoms with van der Waals surface area (Å²) < 4.78 is 12.8. The fraction of sp³-hybridized carbons (Fsp3) is 0.538. The van der Waals surface area contributed by atoms with Gasteiger partial charge in [-0.25, -0.2) is 4.39 Å². The molecule has 0 aliphatic rings. The highest BCUT2D eigenvalue weighted by Gasteiger charge is 2.18. The lowest BCUT2D eigenvalue weighted by Gasteiger charge is -2.23. The lowest BCUT2D eigenvalue weighted by atomic mass is 10.0. The molecule has 0 bridgehead atoms. The normalized spacial score (nSPS) is 14.6. The largest absolute Gasteiger partial charge is 0.389 e. The Labute approximate surface area is 107 Å². The van der Waals surface area contributed by atoms with E-state index >= 15 is 0 Å². The van der Waals surface area contributed by atoms with Gasteiger partial charge in [0, 0.05) is 18.1 Å². The van der Waals surface area contributed by atoms with Gasteiger partial charge in [0.15, 0.2) is 0 Å². The quantitative estimate of drug-likeness (QED) is 0.823. The van der Waals surface area contributed by atoms with Crippen molar-refractivity contribution in [1.82, 2.24) is 5.32 Å². The van der Waals surface area contributed by atoms with Crippen molar-refractivity contribution >= 4 is 11.6 Å². The van der Waals surface area contributed by atoms with E-state index in [1.165, 1.54) is 12.1 Å². The average molecular weight is 260 g/mol. The Bertz CT molecular complexity index is 368. The van der Waals surface area contributed by atoms with Gasteiger partial charge in [-0.1, -0.05) is 31.0 Å². The summed E-state index contributed by atoms with van der Waals surface area (Å²) in [6.07, 6.45) is 1.68. The third-order valence-electron chi connectivity index (χ3n) is 2.62. The van der Waals surface area contributed by atoms with E-state index in [0.717, 1.165) is 18.4 Å². The Morgan fingerprint density at radius 3 is 2.76 bits per heavy atom. The molecule has 0 saturated heterocycles. The highest BCUT2D eigenvalue weighted by atomic mass is 35.5. The van der Waals surface area contributed by atoms with Crippen molar-refractivity contribution in [3.05, 3.63) is 34.6 Å². The summed E-state index contributed by atoms with van der Waals surface area (Å²) in [7, 11) is 0. The third-order valence-corrected chi connectivity index (χ3v) is 2.98. The van der Waals surface area contributed by atoms with Crippen LogP contribution in [0.1, 0.15) is 32.3 Å². The molecular weight excluding hydrogens is 241 g/mol. The molecule has 0 saturated carbocycles. The number of benzene rings is 1. The fourth-order valence-corrected chi connectivity index (χ4v) is 1.99. The van der Waals surface area contributed by atoms with Crippen LogP contribution >= 0.6 is 11.6 Å². The molecule has 1 atom stereocenters. The van der Waals surface area contributed by atoms with Crippen LogP contribution in [0.3, 0.4) is 0 Å². The van der Waals surface area contributed by atoms with Crippen molar-refractivity contribution in [2.45, 2.75) is 38.8 Å². The van der Waals surface area contributed by atoms with E-state index in [0.29, 0.717) is 18.1 Å². The molecule has 96 valence electrons. The highest BCUT2D eigenvalue weighted by Crippen LogP contribution is 2.17. The van der Waals surface area contributed by atoms with Gasteiger partial charge in [0.2, 0.25) is 0 Å². The van der Waals surface area contributed by atoms with Crippen LogP contribution in [-0.4, -0.2) is 17.3 Å².